The topological polar surface area (TPSA) is 29.5 Å². The van der Waals surface area contributed by atoms with E-state index in [-0.39, 0.29) is 18.6 Å². The number of para-hydroxylation sites is 1. The molecular formula is C16H23NO2. The average molecular weight is 261 g/mol. The van der Waals surface area contributed by atoms with E-state index in [4.69, 9.17) is 4.74 Å². The number of rotatable bonds is 5. The van der Waals surface area contributed by atoms with Crippen LogP contribution in [0.4, 0.5) is 0 Å². The molecule has 1 fully saturated rings. The molecule has 1 aliphatic rings. The second-order valence-corrected chi connectivity index (χ2v) is 5.43. The van der Waals surface area contributed by atoms with Crippen molar-refractivity contribution in [1.82, 2.24) is 4.90 Å². The van der Waals surface area contributed by atoms with Crippen molar-refractivity contribution >= 4 is 5.91 Å². The molecule has 0 heterocycles. The van der Waals surface area contributed by atoms with Crippen LogP contribution in [-0.2, 0) is 4.79 Å². The fourth-order valence-corrected chi connectivity index (χ4v) is 2.83. The lowest BCUT2D eigenvalue weighted by Crippen LogP contribution is -2.45. The zero-order valence-corrected chi connectivity index (χ0v) is 11.8. The van der Waals surface area contributed by atoms with Crippen LogP contribution < -0.4 is 4.74 Å². The van der Waals surface area contributed by atoms with E-state index < -0.39 is 0 Å². The highest BCUT2D eigenvalue weighted by molar-refractivity contribution is 5.78. The summed E-state index contributed by atoms with van der Waals surface area (Å²) in [6, 6.07) is 10.2. The molecule has 3 heteroatoms. The smallest absolute Gasteiger partial charge is 0.260 e. The molecular weight excluding hydrogens is 238 g/mol. The zero-order valence-electron chi connectivity index (χ0n) is 11.8. The molecule has 0 saturated heterocycles. The number of ether oxygens (including phenoxy) is 1. The third-order valence-electron chi connectivity index (χ3n) is 3.67. The monoisotopic (exact) mass is 261 g/mol. The molecule has 1 saturated carbocycles. The van der Waals surface area contributed by atoms with Gasteiger partial charge in [-0.1, -0.05) is 31.0 Å². The molecule has 1 aliphatic carbocycles. The number of carbonyl (C=O) groups excluding carboxylic acids is 1. The summed E-state index contributed by atoms with van der Waals surface area (Å²) < 4.78 is 5.57. The Morgan fingerprint density at radius 2 is 1.89 bits per heavy atom. The molecule has 3 nitrogen and oxygen atoms in total. The Hall–Kier alpha value is -1.51. The summed E-state index contributed by atoms with van der Waals surface area (Å²) in [7, 11) is 0. The van der Waals surface area contributed by atoms with Crippen LogP contribution in [0, 0.1) is 0 Å². The van der Waals surface area contributed by atoms with E-state index >= 15 is 0 Å². The lowest BCUT2D eigenvalue weighted by molar-refractivity contribution is -0.137. The molecule has 1 aromatic carbocycles. The number of hydrogen-bond acceptors (Lipinski definition) is 2. The molecule has 1 aromatic rings. The van der Waals surface area contributed by atoms with Gasteiger partial charge in [-0.3, -0.25) is 4.79 Å². The van der Waals surface area contributed by atoms with Crippen LogP contribution in [0.15, 0.2) is 30.3 Å². The Balaban J connectivity index is 1.92. The summed E-state index contributed by atoms with van der Waals surface area (Å²) in [6.45, 7) is 4.30. The maximum absolute atomic E-state index is 12.3. The van der Waals surface area contributed by atoms with Crippen molar-refractivity contribution in [2.24, 2.45) is 0 Å². The fraction of sp³-hybridized carbons (Fsp3) is 0.562. The first-order valence-electron chi connectivity index (χ1n) is 7.17. The van der Waals surface area contributed by atoms with Gasteiger partial charge < -0.3 is 9.64 Å². The Bertz CT molecular complexity index is 396. The van der Waals surface area contributed by atoms with Gasteiger partial charge in [0.2, 0.25) is 0 Å². The van der Waals surface area contributed by atoms with Gasteiger partial charge in [0.15, 0.2) is 6.61 Å². The lowest BCUT2D eigenvalue weighted by Gasteiger charge is -2.32. The van der Waals surface area contributed by atoms with E-state index in [2.05, 4.69) is 13.8 Å². The van der Waals surface area contributed by atoms with Gasteiger partial charge in [-0.2, -0.15) is 0 Å². The fourth-order valence-electron chi connectivity index (χ4n) is 2.83. The largest absolute Gasteiger partial charge is 0.484 e. The van der Waals surface area contributed by atoms with Crippen LogP contribution in [0.3, 0.4) is 0 Å². The van der Waals surface area contributed by atoms with Crippen molar-refractivity contribution in [3.05, 3.63) is 30.3 Å². The predicted octanol–water partition coefficient (Wildman–Crippen LogP) is 3.25. The maximum Gasteiger partial charge on any atom is 0.260 e. The maximum atomic E-state index is 12.3. The van der Waals surface area contributed by atoms with Crippen molar-refractivity contribution in [3.8, 4) is 5.75 Å². The lowest BCUT2D eigenvalue weighted by atomic mass is 10.1. The van der Waals surface area contributed by atoms with Crippen molar-refractivity contribution < 1.29 is 9.53 Å². The SMILES string of the molecule is CC(C)N(C(=O)COc1ccccc1)C1CCCC1. The Kier molecular flexibility index (Phi) is 4.83. The molecule has 0 unspecified atom stereocenters. The quantitative estimate of drug-likeness (QED) is 0.814. The first-order valence-corrected chi connectivity index (χ1v) is 7.17. The van der Waals surface area contributed by atoms with Gasteiger partial charge in [0.1, 0.15) is 5.75 Å². The second-order valence-electron chi connectivity index (χ2n) is 5.43. The van der Waals surface area contributed by atoms with Gasteiger partial charge >= 0.3 is 0 Å². The number of hydrogen-bond donors (Lipinski definition) is 0. The minimum Gasteiger partial charge on any atom is -0.484 e. The minimum atomic E-state index is 0.103. The zero-order chi connectivity index (χ0) is 13.7. The first kappa shape index (κ1) is 13.9. The van der Waals surface area contributed by atoms with Gasteiger partial charge in [-0.15, -0.1) is 0 Å². The van der Waals surface area contributed by atoms with Gasteiger partial charge in [-0.25, -0.2) is 0 Å². The highest BCUT2D eigenvalue weighted by Crippen LogP contribution is 2.25. The van der Waals surface area contributed by atoms with E-state index in [1.807, 2.05) is 35.2 Å². The van der Waals surface area contributed by atoms with Crippen molar-refractivity contribution in [2.75, 3.05) is 6.61 Å². The normalized spacial score (nSPS) is 15.7. The molecule has 104 valence electrons. The molecule has 19 heavy (non-hydrogen) atoms. The standard InChI is InChI=1S/C16H23NO2/c1-13(2)17(14-8-6-7-9-14)16(18)12-19-15-10-4-3-5-11-15/h3-5,10-11,13-14H,6-9,12H2,1-2H3. The molecule has 0 N–H and O–H groups in total. The molecule has 0 bridgehead atoms. The molecule has 1 amide bonds. The third-order valence-corrected chi connectivity index (χ3v) is 3.67. The second kappa shape index (κ2) is 6.60. The molecule has 2 rings (SSSR count). The van der Waals surface area contributed by atoms with Crippen molar-refractivity contribution in [2.45, 2.75) is 51.6 Å². The van der Waals surface area contributed by atoms with Gasteiger partial charge in [0, 0.05) is 12.1 Å². The summed E-state index contributed by atoms with van der Waals surface area (Å²) >= 11 is 0. The predicted molar refractivity (Wildman–Crippen MR) is 76.2 cm³/mol. The Labute approximate surface area is 115 Å². The summed E-state index contributed by atoms with van der Waals surface area (Å²) in [6.07, 6.45) is 4.74. The summed E-state index contributed by atoms with van der Waals surface area (Å²) in [5.41, 5.74) is 0. The Morgan fingerprint density at radius 3 is 2.47 bits per heavy atom. The summed E-state index contributed by atoms with van der Waals surface area (Å²) in [4.78, 5) is 14.4. The van der Waals surface area contributed by atoms with E-state index in [1.165, 1.54) is 12.8 Å². The third kappa shape index (κ3) is 3.72. The number of amides is 1. The molecule has 0 radical (unpaired) electrons. The van der Waals surface area contributed by atoms with E-state index in [0.29, 0.717) is 6.04 Å². The van der Waals surface area contributed by atoms with Gasteiger partial charge in [-0.05, 0) is 38.8 Å². The van der Waals surface area contributed by atoms with Crippen LogP contribution >= 0.6 is 0 Å². The molecule has 0 aromatic heterocycles. The van der Waals surface area contributed by atoms with Crippen LogP contribution in [-0.4, -0.2) is 29.5 Å². The summed E-state index contributed by atoms with van der Waals surface area (Å²) in [5, 5.41) is 0. The highest BCUT2D eigenvalue weighted by atomic mass is 16.5. The number of nitrogens with zero attached hydrogens (tertiary/aromatic N) is 1. The molecule has 0 aliphatic heterocycles. The first-order chi connectivity index (χ1) is 9.18. The minimum absolute atomic E-state index is 0.103. The number of carbonyl (C=O) groups is 1. The van der Waals surface area contributed by atoms with Crippen LogP contribution in [0.5, 0.6) is 5.75 Å². The van der Waals surface area contributed by atoms with E-state index in [9.17, 15) is 4.79 Å². The van der Waals surface area contributed by atoms with Crippen molar-refractivity contribution in [1.29, 1.82) is 0 Å². The summed E-state index contributed by atoms with van der Waals surface area (Å²) in [5.74, 6) is 0.858. The molecule has 0 atom stereocenters. The average Bonchev–Trinajstić information content (AvgIpc) is 2.91. The van der Waals surface area contributed by atoms with Gasteiger partial charge in [0.25, 0.3) is 5.91 Å². The van der Waals surface area contributed by atoms with Crippen LogP contribution in [0.2, 0.25) is 0 Å². The highest BCUT2D eigenvalue weighted by Gasteiger charge is 2.28. The van der Waals surface area contributed by atoms with E-state index in [0.717, 1.165) is 18.6 Å². The Morgan fingerprint density at radius 1 is 1.26 bits per heavy atom. The van der Waals surface area contributed by atoms with Crippen molar-refractivity contribution in [3.63, 3.8) is 0 Å². The van der Waals surface area contributed by atoms with Gasteiger partial charge in [0.05, 0.1) is 0 Å². The van der Waals surface area contributed by atoms with E-state index in [1.54, 1.807) is 0 Å². The van der Waals surface area contributed by atoms with Crippen LogP contribution in [0.25, 0.3) is 0 Å². The number of benzene rings is 1. The van der Waals surface area contributed by atoms with Crippen LogP contribution in [0.1, 0.15) is 39.5 Å². The molecule has 0 spiro atoms.